The molecule has 0 atom stereocenters. The molecule has 4 nitrogen and oxygen atoms in total. The maximum atomic E-state index is 12.0. The van der Waals surface area contributed by atoms with Crippen molar-refractivity contribution in [2.45, 2.75) is 25.3 Å². The number of hydrogen-bond acceptors (Lipinski definition) is 3. The Morgan fingerprint density at radius 3 is 2.65 bits per heavy atom. The van der Waals surface area contributed by atoms with E-state index in [1.807, 2.05) is 42.5 Å². The Hall–Kier alpha value is -2.62. The lowest BCUT2D eigenvalue weighted by atomic mass is 10.0. The Bertz CT molecular complexity index is 790. The summed E-state index contributed by atoms with van der Waals surface area (Å²) in [5.41, 5.74) is 4.97. The van der Waals surface area contributed by atoms with Crippen LogP contribution in [0.15, 0.2) is 47.5 Å². The standard InChI is InChI=1S/C19H18N2O2/c1-23-16-8-9-17-14(10-16)11-18(21-17)12-2-4-13(5-3-12)19(22)20-15-6-7-15/h2-5,8-10,15H,6-7,11H2,1H3,(H,20,22). The summed E-state index contributed by atoms with van der Waals surface area (Å²) in [6.07, 6.45) is 2.99. The molecule has 1 aliphatic heterocycles. The zero-order chi connectivity index (χ0) is 15.8. The fraction of sp³-hybridized carbons (Fsp3) is 0.263. The fourth-order valence-electron chi connectivity index (χ4n) is 2.78. The first-order valence-corrected chi connectivity index (χ1v) is 7.89. The van der Waals surface area contributed by atoms with E-state index in [1.165, 1.54) is 5.56 Å². The van der Waals surface area contributed by atoms with Gasteiger partial charge in [-0.05, 0) is 54.3 Å². The van der Waals surface area contributed by atoms with Crippen molar-refractivity contribution >= 4 is 17.3 Å². The van der Waals surface area contributed by atoms with Crippen LogP contribution in [0.5, 0.6) is 5.75 Å². The van der Waals surface area contributed by atoms with E-state index in [-0.39, 0.29) is 5.91 Å². The maximum absolute atomic E-state index is 12.0. The number of methoxy groups -OCH3 is 1. The number of aliphatic imine (C=N–C) groups is 1. The van der Waals surface area contributed by atoms with Crippen molar-refractivity contribution in [2.24, 2.45) is 4.99 Å². The summed E-state index contributed by atoms with van der Waals surface area (Å²) in [7, 11) is 1.67. The van der Waals surface area contributed by atoms with Crippen LogP contribution in [0.1, 0.15) is 34.3 Å². The van der Waals surface area contributed by atoms with Gasteiger partial charge in [-0.3, -0.25) is 9.79 Å². The van der Waals surface area contributed by atoms with Gasteiger partial charge < -0.3 is 10.1 Å². The van der Waals surface area contributed by atoms with E-state index in [1.54, 1.807) is 7.11 Å². The molecule has 1 amide bonds. The number of carbonyl (C=O) groups is 1. The van der Waals surface area contributed by atoms with E-state index in [4.69, 9.17) is 9.73 Å². The third-order valence-electron chi connectivity index (χ3n) is 4.29. The predicted octanol–water partition coefficient (Wildman–Crippen LogP) is 3.26. The van der Waals surface area contributed by atoms with Gasteiger partial charge >= 0.3 is 0 Å². The van der Waals surface area contributed by atoms with Gasteiger partial charge in [-0.1, -0.05) is 12.1 Å². The quantitative estimate of drug-likeness (QED) is 0.942. The van der Waals surface area contributed by atoms with Crippen molar-refractivity contribution in [3.05, 3.63) is 59.2 Å². The molecule has 0 bridgehead atoms. The lowest BCUT2D eigenvalue weighted by Gasteiger charge is -2.05. The van der Waals surface area contributed by atoms with Gasteiger partial charge in [0.05, 0.1) is 18.5 Å². The highest BCUT2D eigenvalue weighted by atomic mass is 16.5. The molecule has 116 valence electrons. The summed E-state index contributed by atoms with van der Waals surface area (Å²) in [5.74, 6) is 0.868. The molecule has 1 fully saturated rings. The molecule has 2 aromatic rings. The SMILES string of the molecule is COc1ccc2c(c1)CC(c1ccc(C(=O)NC3CC3)cc1)=N2. The molecule has 2 aliphatic rings. The van der Waals surface area contributed by atoms with Gasteiger partial charge in [-0.2, -0.15) is 0 Å². The third-order valence-corrected chi connectivity index (χ3v) is 4.29. The smallest absolute Gasteiger partial charge is 0.251 e. The number of ether oxygens (including phenoxy) is 1. The van der Waals surface area contributed by atoms with Crippen LogP contribution in [0.2, 0.25) is 0 Å². The van der Waals surface area contributed by atoms with E-state index in [2.05, 4.69) is 5.32 Å². The summed E-state index contributed by atoms with van der Waals surface area (Å²) in [6.45, 7) is 0. The molecule has 0 radical (unpaired) electrons. The van der Waals surface area contributed by atoms with Crippen molar-refractivity contribution in [1.29, 1.82) is 0 Å². The molecular formula is C19H18N2O2. The third kappa shape index (κ3) is 2.84. The number of rotatable bonds is 4. The van der Waals surface area contributed by atoms with E-state index < -0.39 is 0 Å². The lowest BCUT2D eigenvalue weighted by Crippen LogP contribution is -2.25. The fourth-order valence-corrected chi connectivity index (χ4v) is 2.78. The van der Waals surface area contributed by atoms with Crippen molar-refractivity contribution < 1.29 is 9.53 Å². The topological polar surface area (TPSA) is 50.7 Å². The monoisotopic (exact) mass is 306 g/mol. The normalized spacial score (nSPS) is 15.8. The van der Waals surface area contributed by atoms with Crippen molar-refractivity contribution in [3.63, 3.8) is 0 Å². The molecule has 0 spiro atoms. The summed E-state index contributed by atoms with van der Waals surface area (Å²) in [5, 5.41) is 3.00. The summed E-state index contributed by atoms with van der Waals surface area (Å²) in [4.78, 5) is 16.7. The molecular weight excluding hydrogens is 288 g/mol. The molecule has 23 heavy (non-hydrogen) atoms. The molecule has 1 N–H and O–H groups in total. The summed E-state index contributed by atoms with van der Waals surface area (Å²) >= 11 is 0. The first-order chi connectivity index (χ1) is 11.2. The number of nitrogens with one attached hydrogen (secondary N) is 1. The second-order valence-corrected chi connectivity index (χ2v) is 6.06. The van der Waals surface area contributed by atoms with Crippen LogP contribution in [-0.4, -0.2) is 24.8 Å². The average Bonchev–Trinajstić information content (AvgIpc) is 3.29. The number of nitrogens with zero attached hydrogens (tertiary/aromatic N) is 1. The van der Waals surface area contributed by atoms with Crippen LogP contribution < -0.4 is 10.1 Å². The molecule has 0 unspecified atom stereocenters. The van der Waals surface area contributed by atoms with Crippen LogP contribution in [0.3, 0.4) is 0 Å². The minimum absolute atomic E-state index is 0.0143. The van der Waals surface area contributed by atoms with Gasteiger partial charge in [-0.25, -0.2) is 0 Å². The summed E-state index contributed by atoms with van der Waals surface area (Å²) < 4.78 is 5.26. The van der Waals surface area contributed by atoms with Crippen LogP contribution in [-0.2, 0) is 6.42 Å². The van der Waals surface area contributed by atoms with E-state index >= 15 is 0 Å². The van der Waals surface area contributed by atoms with Gasteiger partial charge in [0, 0.05) is 18.0 Å². The molecule has 1 heterocycles. The Balaban J connectivity index is 1.51. The Morgan fingerprint density at radius 1 is 1.17 bits per heavy atom. The zero-order valence-electron chi connectivity index (χ0n) is 13.0. The Morgan fingerprint density at radius 2 is 1.96 bits per heavy atom. The zero-order valence-corrected chi connectivity index (χ0v) is 13.0. The van der Waals surface area contributed by atoms with Crippen LogP contribution in [0.4, 0.5) is 5.69 Å². The highest BCUT2D eigenvalue weighted by Crippen LogP contribution is 2.31. The number of benzene rings is 2. The van der Waals surface area contributed by atoms with E-state index in [0.29, 0.717) is 11.6 Å². The molecule has 4 heteroatoms. The van der Waals surface area contributed by atoms with Gasteiger partial charge in [0.25, 0.3) is 5.91 Å². The highest BCUT2D eigenvalue weighted by molar-refractivity contribution is 6.07. The number of fused-ring (bicyclic) bond motifs is 1. The predicted molar refractivity (Wildman–Crippen MR) is 89.8 cm³/mol. The molecule has 0 aromatic heterocycles. The second-order valence-electron chi connectivity index (χ2n) is 6.06. The van der Waals surface area contributed by atoms with Crippen molar-refractivity contribution in [3.8, 4) is 5.75 Å². The van der Waals surface area contributed by atoms with E-state index in [0.717, 1.165) is 42.0 Å². The van der Waals surface area contributed by atoms with Crippen LogP contribution in [0, 0.1) is 0 Å². The van der Waals surface area contributed by atoms with Gasteiger partial charge in [-0.15, -0.1) is 0 Å². The Kier molecular flexibility index (Phi) is 3.37. The molecule has 2 aromatic carbocycles. The lowest BCUT2D eigenvalue weighted by molar-refractivity contribution is 0.0951. The molecule has 0 saturated heterocycles. The largest absolute Gasteiger partial charge is 0.497 e. The van der Waals surface area contributed by atoms with Gasteiger partial charge in [0.1, 0.15) is 5.75 Å². The first-order valence-electron chi connectivity index (χ1n) is 7.89. The first kappa shape index (κ1) is 14.0. The van der Waals surface area contributed by atoms with Crippen molar-refractivity contribution in [2.75, 3.05) is 7.11 Å². The summed E-state index contributed by atoms with van der Waals surface area (Å²) in [6, 6.07) is 14.0. The van der Waals surface area contributed by atoms with E-state index in [9.17, 15) is 4.79 Å². The highest BCUT2D eigenvalue weighted by Gasteiger charge is 2.24. The second kappa shape index (κ2) is 5.54. The Labute approximate surface area is 135 Å². The number of carbonyl (C=O) groups excluding carboxylic acids is 1. The van der Waals surface area contributed by atoms with Crippen LogP contribution >= 0.6 is 0 Å². The molecule has 1 aliphatic carbocycles. The molecule has 4 rings (SSSR count). The number of amides is 1. The van der Waals surface area contributed by atoms with Crippen LogP contribution in [0.25, 0.3) is 0 Å². The van der Waals surface area contributed by atoms with Gasteiger partial charge in [0.2, 0.25) is 0 Å². The minimum atomic E-state index is 0.0143. The molecule has 1 saturated carbocycles. The van der Waals surface area contributed by atoms with Crippen molar-refractivity contribution in [1.82, 2.24) is 5.32 Å². The van der Waals surface area contributed by atoms with Gasteiger partial charge in [0.15, 0.2) is 0 Å². The minimum Gasteiger partial charge on any atom is -0.497 e. The maximum Gasteiger partial charge on any atom is 0.251 e. The average molecular weight is 306 g/mol. The number of hydrogen-bond donors (Lipinski definition) is 1.